The minimum absolute atomic E-state index is 0.0216. The van der Waals surface area contributed by atoms with Gasteiger partial charge in [-0.15, -0.1) is 0 Å². The molecule has 0 spiro atoms. The number of fused-ring (bicyclic) bond motifs is 2. The van der Waals surface area contributed by atoms with Crippen LogP contribution in [-0.2, 0) is 11.3 Å². The Morgan fingerprint density at radius 2 is 2.05 bits per heavy atom. The third-order valence-electron chi connectivity index (χ3n) is 5.08. The molecule has 2 bridgehead atoms. The highest BCUT2D eigenvalue weighted by Gasteiger charge is 2.49. The molecule has 114 valence electrons. The first-order valence-electron chi connectivity index (χ1n) is 7.42. The van der Waals surface area contributed by atoms with E-state index < -0.39 is 0 Å². The Morgan fingerprint density at radius 3 is 2.71 bits per heavy atom. The largest absolute Gasteiger partial charge is 0.341 e. The summed E-state index contributed by atoms with van der Waals surface area (Å²) >= 11 is 12.2. The van der Waals surface area contributed by atoms with E-state index in [1.54, 1.807) is 11.0 Å². The molecule has 5 heteroatoms. The predicted octanol–water partition coefficient (Wildman–Crippen LogP) is 3.33. The standard InChI is InChI=1S/C16H20Cl2N2O/c1-20(8-11-3-2-4-12(17)14(11)18)16(21)13-9-5-6-10(7-9)15(13)19/h2-4,9-10,13,15H,5-8,19H2,1H3. The summed E-state index contributed by atoms with van der Waals surface area (Å²) in [5.41, 5.74) is 7.13. The fourth-order valence-electron chi connectivity index (χ4n) is 3.96. The summed E-state index contributed by atoms with van der Waals surface area (Å²) in [6.07, 6.45) is 3.43. The molecule has 4 unspecified atom stereocenters. The number of halogens is 2. The fourth-order valence-corrected chi connectivity index (χ4v) is 4.34. The molecular formula is C16H20Cl2N2O. The molecule has 1 amide bonds. The van der Waals surface area contributed by atoms with Crippen molar-refractivity contribution in [1.82, 2.24) is 4.90 Å². The van der Waals surface area contributed by atoms with Crippen molar-refractivity contribution in [2.24, 2.45) is 23.5 Å². The SMILES string of the molecule is CN(Cc1cccc(Cl)c1Cl)C(=O)C1C2CCC(C2)C1N. The average Bonchev–Trinajstić information content (AvgIpc) is 3.04. The van der Waals surface area contributed by atoms with Gasteiger partial charge in [0.05, 0.1) is 16.0 Å². The van der Waals surface area contributed by atoms with Crippen molar-refractivity contribution in [1.29, 1.82) is 0 Å². The van der Waals surface area contributed by atoms with E-state index in [1.807, 2.05) is 19.2 Å². The molecule has 21 heavy (non-hydrogen) atoms. The van der Waals surface area contributed by atoms with Crippen LogP contribution in [0.1, 0.15) is 24.8 Å². The van der Waals surface area contributed by atoms with E-state index in [0.717, 1.165) is 18.4 Å². The summed E-state index contributed by atoms with van der Waals surface area (Å²) in [7, 11) is 1.82. The first-order valence-corrected chi connectivity index (χ1v) is 8.18. The highest BCUT2D eigenvalue weighted by Crippen LogP contribution is 2.48. The first kappa shape index (κ1) is 15.1. The van der Waals surface area contributed by atoms with Gasteiger partial charge in [0.1, 0.15) is 0 Å². The Morgan fingerprint density at radius 1 is 1.33 bits per heavy atom. The minimum Gasteiger partial charge on any atom is -0.341 e. The van der Waals surface area contributed by atoms with Gasteiger partial charge >= 0.3 is 0 Å². The van der Waals surface area contributed by atoms with Gasteiger partial charge in [0.25, 0.3) is 0 Å². The fraction of sp³-hybridized carbons (Fsp3) is 0.562. The van der Waals surface area contributed by atoms with Crippen LogP contribution in [0.2, 0.25) is 10.0 Å². The monoisotopic (exact) mass is 326 g/mol. The molecule has 3 nitrogen and oxygen atoms in total. The second kappa shape index (κ2) is 5.79. The molecule has 0 aromatic heterocycles. The molecule has 2 fully saturated rings. The highest BCUT2D eigenvalue weighted by atomic mass is 35.5. The molecule has 0 aliphatic heterocycles. The number of nitrogens with two attached hydrogens (primary N) is 1. The lowest BCUT2D eigenvalue weighted by atomic mass is 9.84. The molecule has 0 radical (unpaired) electrons. The summed E-state index contributed by atoms with van der Waals surface area (Å²) in [6.45, 7) is 0.471. The van der Waals surface area contributed by atoms with Gasteiger partial charge in [0.2, 0.25) is 5.91 Å². The van der Waals surface area contributed by atoms with Crippen LogP contribution in [0.5, 0.6) is 0 Å². The Hall–Kier alpha value is -0.770. The van der Waals surface area contributed by atoms with E-state index in [1.165, 1.54) is 6.42 Å². The van der Waals surface area contributed by atoms with Crippen molar-refractivity contribution in [2.75, 3.05) is 7.05 Å². The van der Waals surface area contributed by atoms with Crippen molar-refractivity contribution in [3.05, 3.63) is 33.8 Å². The molecule has 1 aromatic rings. The van der Waals surface area contributed by atoms with E-state index in [-0.39, 0.29) is 17.9 Å². The molecule has 1 aromatic carbocycles. The normalized spacial score (nSPS) is 30.7. The summed E-state index contributed by atoms with van der Waals surface area (Å²) in [6, 6.07) is 5.53. The lowest BCUT2D eigenvalue weighted by molar-refractivity contribution is -0.136. The quantitative estimate of drug-likeness (QED) is 0.926. The van der Waals surface area contributed by atoms with Crippen molar-refractivity contribution in [2.45, 2.75) is 31.8 Å². The second-order valence-corrected chi connectivity index (χ2v) is 7.13. The molecule has 2 aliphatic carbocycles. The van der Waals surface area contributed by atoms with Gasteiger partial charge in [-0.3, -0.25) is 4.79 Å². The van der Waals surface area contributed by atoms with Gasteiger partial charge in [-0.1, -0.05) is 35.3 Å². The molecular weight excluding hydrogens is 307 g/mol. The zero-order valence-electron chi connectivity index (χ0n) is 12.1. The molecule has 4 atom stereocenters. The second-order valence-electron chi connectivity index (χ2n) is 6.34. The topological polar surface area (TPSA) is 46.3 Å². The van der Waals surface area contributed by atoms with E-state index in [0.29, 0.717) is 28.4 Å². The molecule has 2 N–H and O–H groups in total. The lowest BCUT2D eigenvalue weighted by Crippen LogP contribution is -2.45. The smallest absolute Gasteiger partial charge is 0.227 e. The maximum atomic E-state index is 12.7. The van der Waals surface area contributed by atoms with Gasteiger partial charge in [-0.05, 0) is 42.7 Å². The number of carbonyl (C=O) groups is 1. The third kappa shape index (κ3) is 2.67. The summed E-state index contributed by atoms with van der Waals surface area (Å²) < 4.78 is 0. The van der Waals surface area contributed by atoms with Crippen molar-refractivity contribution in [3.63, 3.8) is 0 Å². The Labute approximate surface area is 135 Å². The number of hydrogen-bond donors (Lipinski definition) is 1. The number of nitrogens with zero attached hydrogens (tertiary/aromatic N) is 1. The Balaban J connectivity index is 1.72. The van der Waals surface area contributed by atoms with Crippen LogP contribution in [0.3, 0.4) is 0 Å². The number of hydrogen-bond acceptors (Lipinski definition) is 2. The van der Waals surface area contributed by atoms with Gasteiger partial charge in [-0.2, -0.15) is 0 Å². The summed E-state index contributed by atoms with van der Waals surface area (Å²) in [5, 5.41) is 1.04. The summed E-state index contributed by atoms with van der Waals surface area (Å²) in [4.78, 5) is 14.5. The maximum Gasteiger partial charge on any atom is 0.227 e. The molecule has 0 heterocycles. The van der Waals surface area contributed by atoms with Crippen LogP contribution in [0.15, 0.2) is 18.2 Å². The van der Waals surface area contributed by atoms with Crippen LogP contribution in [-0.4, -0.2) is 23.9 Å². The predicted molar refractivity (Wildman–Crippen MR) is 85.2 cm³/mol. The Bertz CT molecular complexity index is 561. The minimum atomic E-state index is -0.0216. The number of carbonyl (C=O) groups excluding carboxylic acids is 1. The van der Waals surface area contributed by atoms with Crippen LogP contribution in [0.25, 0.3) is 0 Å². The Kier molecular flexibility index (Phi) is 4.17. The van der Waals surface area contributed by atoms with Crippen LogP contribution in [0.4, 0.5) is 0 Å². The zero-order chi connectivity index (χ0) is 15.1. The van der Waals surface area contributed by atoms with Crippen LogP contribution < -0.4 is 5.73 Å². The van der Waals surface area contributed by atoms with E-state index >= 15 is 0 Å². The van der Waals surface area contributed by atoms with E-state index in [9.17, 15) is 4.79 Å². The van der Waals surface area contributed by atoms with Crippen molar-refractivity contribution in [3.8, 4) is 0 Å². The number of benzene rings is 1. The van der Waals surface area contributed by atoms with Crippen molar-refractivity contribution >= 4 is 29.1 Å². The van der Waals surface area contributed by atoms with Gasteiger partial charge in [-0.25, -0.2) is 0 Å². The zero-order valence-corrected chi connectivity index (χ0v) is 13.6. The average molecular weight is 327 g/mol. The third-order valence-corrected chi connectivity index (χ3v) is 5.94. The first-order chi connectivity index (χ1) is 9.99. The van der Waals surface area contributed by atoms with Gasteiger partial charge in [0.15, 0.2) is 0 Å². The lowest BCUT2D eigenvalue weighted by Gasteiger charge is -2.31. The molecule has 2 aliphatic rings. The summed E-state index contributed by atoms with van der Waals surface area (Å²) in [5.74, 6) is 1.12. The van der Waals surface area contributed by atoms with E-state index in [4.69, 9.17) is 28.9 Å². The van der Waals surface area contributed by atoms with Crippen molar-refractivity contribution < 1.29 is 4.79 Å². The van der Waals surface area contributed by atoms with Crippen LogP contribution in [0, 0.1) is 17.8 Å². The molecule has 3 rings (SSSR count). The molecule has 2 saturated carbocycles. The maximum absolute atomic E-state index is 12.7. The van der Waals surface area contributed by atoms with Gasteiger partial charge < -0.3 is 10.6 Å². The number of amides is 1. The van der Waals surface area contributed by atoms with Gasteiger partial charge in [0, 0.05) is 19.6 Å². The highest BCUT2D eigenvalue weighted by molar-refractivity contribution is 6.42. The van der Waals surface area contributed by atoms with Crippen LogP contribution >= 0.6 is 23.2 Å². The van der Waals surface area contributed by atoms with E-state index in [2.05, 4.69) is 0 Å². The number of rotatable bonds is 3. The molecule has 0 saturated heterocycles.